The van der Waals surface area contributed by atoms with E-state index in [4.69, 9.17) is 22.1 Å². The fourth-order valence-corrected chi connectivity index (χ4v) is 2.57. The van der Waals surface area contributed by atoms with Crippen molar-refractivity contribution < 1.29 is 9.53 Å². The minimum absolute atomic E-state index is 0.0622. The molecule has 1 amide bonds. The molecule has 0 saturated carbocycles. The van der Waals surface area contributed by atoms with Gasteiger partial charge >= 0.3 is 0 Å². The molecule has 0 aliphatic heterocycles. The summed E-state index contributed by atoms with van der Waals surface area (Å²) in [5.41, 5.74) is 5.81. The van der Waals surface area contributed by atoms with Crippen molar-refractivity contribution in [1.29, 1.82) is 0 Å². The summed E-state index contributed by atoms with van der Waals surface area (Å²) >= 11 is 7.54. The number of aromatic nitrogens is 1. The minimum atomic E-state index is -0.471. The average Bonchev–Trinajstić information content (AvgIpc) is 2.72. The molecular weight excluding hydrogens is 274 g/mol. The number of carbonyl (C=O) groups is 1. The van der Waals surface area contributed by atoms with Gasteiger partial charge in [-0.15, -0.1) is 0 Å². The number of benzene rings is 1. The van der Waals surface area contributed by atoms with E-state index in [0.29, 0.717) is 18.2 Å². The summed E-state index contributed by atoms with van der Waals surface area (Å²) in [4.78, 5) is 14.8. The molecular formula is C11H12ClN3O2S. The molecule has 0 aliphatic rings. The lowest BCUT2D eigenvalue weighted by molar-refractivity contribution is -0.122. The average molecular weight is 286 g/mol. The van der Waals surface area contributed by atoms with Crippen LogP contribution in [-0.4, -0.2) is 30.6 Å². The Morgan fingerprint density at radius 1 is 1.56 bits per heavy atom. The maximum absolute atomic E-state index is 10.4. The van der Waals surface area contributed by atoms with E-state index in [9.17, 15) is 4.79 Å². The van der Waals surface area contributed by atoms with E-state index < -0.39 is 5.91 Å². The van der Waals surface area contributed by atoms with Gasteiger partial charge in [0.1, 0.15) is 6.61 Å². The fraction of sp³-hybridized carbons (Fsp3) is 0.273. The van der Waals surface area contributed by atoms with E-state index in [1.807, 2.05) is 18.2 Å². The SMILES string of the molecule is NC(=O)COCCNc1nc2cccc(Cl)c2s1. The number of thiazole rings is 1. The van der Waals surface area contributed by atoms with Crippen molar-refractivity contribution >= 4 is 44.2 Å². The van der Waals surface area contributed by atoms with Gasteiger partial charge in [-0.05, 0) is 12.1 Å². The summed E-state index contributed by atoms with van der Waals surface area (Å²) in [6.45, 7) is 0.894. The van der Waals surface area contributed by atoms with E-state index in [1.54, 1.807) is 0 Å². The van der Waals surface area contributed by atoms with E-state index >= 15 is 0 Å². The Morgan fingerprint density at radius 3 is 3.11 bits per heavy atom. The first-order chi connectivity index (χ1) is 8.66. The number of nitrogens with one attached hydrogen (secondary N) is 1. The Morgan fingerprint density at radius 2 is 2.39 bits per heavy atom. The number of ether oxygens (including phenoxy) is 1. The Kier molecular flexibility index (Phi) is 4.35. The molecule has 1 aromatic heterocycles. The number of hydrogen-bond acceptors (Lipinski definition) is 5. The summed E-state index contributed by atoms with van der Waals surface area (Å²) in [5.74, 6) is -0.471. The lowest BCUT2D eigenvalue weighted by Gasteiger charge is -2.02. The van der Waals surface area contributed by atoms with Crippen LogP contribution in [0.5, 0.6) is 0 Å². The molecule has 96 valence electrons. The van der Waals surface area contributed by atoms with Crippen molar-refractivity contribution in [2.75, 3.05) is 25.1 Å². The van der Waals surface area contributed by atoms with Gasteiger partial charge in [-0.2, -0.15) is 0 Å². The third kappa shape index (κ3) is 3.32. The third-order valence-electron chi connectivity index (χ3n) is 2.13. The van der Waals surface area contributed by atoms with Gasteiger partial charge in [0.2, 0.25) is 5.91 Å². The van der Waals surface area contributed by atoms with Gasteiger partial charge < -0.3 is 15.8 Å². The molecule has 1 heterocycles. The number of rotatable bonds is 6. The smallest absolute Gasteiger partial charge is 0.243 e. The maximum Gasteiger partial charge on any atom is 0.243 e. The molecule has 3 N–H and O–H groups in total. The highest BCUT2D eigenvalue weighted by molar-refractivity contribution is 7.22. The second-order valence-corrected chi connectivity index (χ2v) is 4.96. The summed E-state index contributed by atoms with van der Waals surface area (Å²) in [6.07, 6.45) is 0. The van der Waals surface area contributed by atoms with Crippen LogP contribution in [-0.2, 0) is 9.53 Å². The van der Waals surface area contributed by atoms with Crippen LogP contribution in [0, 0.1) is 0 Å². The molecule has 2 aromatic rings. The first kappa shape index (κ1) is 13.1. The van der Waals surface area contributed by atoms with Crippen LogP contribution in [0.25, 0.3) is 10.2 Å². The summed E-state index contributed by atoms with van der Waals surface area (Å²) in [5, 5.41) is 4.58. The lowest BCUT2D eigenvalue weighted by atomic mass is 10.3. The van der Waals surface area contributed by atoms with Gasteiger partial charge in [0, 0.05) is 6.54 Å². The summed E-state index contributed by atoms with van der Waals surface area (Å²) in [6, 6.07) is 5.61. The number of halogens is 1. The van der Waals surface area contributed by atoms with E-state index in [2.05, 4.69) is 10.3 Å². The standard InChI is InChI=1S/C11H12ClN3O2S/c12-7-2-1-3-8-10(7)18-11(15-8)14-4-5-17-6-9(13)16/h1-3H,4-6H2,(H2,13,16)(H,14,15). The number of primary amides is 1. The Balaban J connectivity index is 1.88. The van der Waals surface area contributed by atoms with Crippen LogP contribution >= 0.6 is 22.9 Å². The van der Waals surface area contributed by atoms with Gasteiger partial charge in [0.25, 0.3) is 0 Å². The number of anilines is 1. The quantitative estimate of drug-likeness (QED) is 0.794. The second kappa shape index (κ2) is 5.99. The molecule has 5 nitrogen and oxygen atoms in total. The van der Waals surface area contributed by atoms with Crippen LogP contribution in [0.4, 0.5) is 5.13 Å². The van der Waals surface area contributed by atoms with E-state index in [1.165, 1.54) is 11.3 Å². The maximum atomic E-state index is 10.4. The molecule has 18 heavy (non-hydrogen) atoms. The number of carbonyl (C=O) groups excluding carboxylic acids is 1. The van der Waals surface area contributed by atoms with Crippen molar-refractivity contribution in [1.82, 2.24) is 4.98 Å². The lowest BCUT2D eigenvalue weighted by Crippen LogP contribution is -2.20. The van der Waals surface area contributed by atoms with Crippen LogP contribution in [0.15, 0.2) is 18.2 Å². The Hall–Kier alpha value is -1.37. The Bertz CT molecular complexity index is 558. The highest BCUT2D eigenvalue weighted by Gasteiger charge is 2.05. The minimum Gasteiger partial charge on any atom is -0.370 e. The summed E-state index contributed by atoms with van der Waals surface area (Å²) in [7, 11) is 0. The molecule has 2 rings (SSSR count). The Labute approximate surface area is 113 Å². The van der Waals surface area contributed by atoms with Gasteiger partial charge in [-0.1, -0.05) is 29.0 Å². The van der Waals surface area contributed by atoms with Crippen LogP contribution < -0.4 is 11.1 Å². The first-order valence-electron chi connectivity index (χ1n) is 5.32. The van der Waals surface area contributed by atoms with E-state index in [-0.39, 0.29) is 6.61 Å². The van der Waals surface area contributed by atoms with Crippen LogP contribution in [0.1, 0.15) is 0 Å². The summed E-state index contributed by atoms with van der Waals surface area (Å²) < 4.78 is 5.99. The van der Waals surface area contributed by atoms with Gasteiger partial charge in [0.05, 0.1) is 21.8 Å². The molecule has 0 spiro atoms. The molecule has 0 atom stereocenters. The van der Waals surface area contributed by atoms with Crippen molar-refractivity contribution in [2.24, 2.45) is 5.73 Å². The molecule has 0 bridgehead atoms. The van der Waals surface area contributed by atoms with Gasteiger partial charge in [-0.3, -0.25) is 4.79 Å². The van der Waals surface area contributed by atoms with Crippen molar-refractivity contribution in [2.45, 2.75) is 0 Å². The van der Waals surface area contributed by atoms with Crippen molar-refractivity contribution in [3.8, 4) is 0 Å². The number of hydrogen-bond donors (Lipinski definition) is 2. The number of fused-ring (bicyclic) bond motifs is 1. The zero-order chi connectivity index (χ0) is 13.0. The third-order valence-corrected chi connectivity index (χ3v) is 3.62. The highest BCUT2D eigenvalue weighted by atomic mass is 35.5. The molecule has 0 saturated heterocycles. The van der Waals surface area contributed by atoms with Crippen molar-refractivity contribution in [3.05, 3.63) is 23.2 Å². The van der Waals surface area contributed by atoms with Crippen molar-refractivity contribution in [3.63, 3.8) is 0 Å². The molecule has 1 aromatic carbocycles. The molecule has 7 heteroatoms. The monoisotopic (exact) mass is 285 g/mol. The number of amides is 1. The molecule has 0 fully saturated rings. The van der Waals surface area contributed by atoms with Crippen LogP contribution in [0.2, 0.25) is 5.02 Å². The van der Waals surface area contributed by atoms with Gasteiger partial charge in [0.15, 0.2) is 5.13 Å². The number of nitrogens with two attached hydrogens (primary N) is 1. The fourth-order valence-electron chi connectivity index (χ4n) is 1.39. The van der Waals surface area contributed by atoms with Gasteiger partial charge in [-0.25, -0.2) is 4.98 Å². The largest absolute Gasteiger partial charge is 0.370 e. The highest BCUT2D eigenvalue weighted by Crippen LogP contribution is 2.31. The van der Waals surface area contributed by atoms with Crippen LogP contribution in [0.3, 0.4) is 0 Å². The predicted molar refractivity (Wildman–Crippen MR) is 73.1 cm³/mol. The normalized spacial score (nSPS) is 10.7. The zero-order valence-electron chi connectivity index (χ0n) is 9.48. The first-order valence-corrected chi connectivity index (χ1v) is 6.51. The van der Waals surface area contributed by atoms with E-state index in [0.717, 1.165) is 15.3 Å². The molecule has 0 unspecified atom stereocenters. The predicted octanol–water partition coefficient (Wildman–Crippen LogP) is 1.86. The second-order valence-electron chi connectivity index (χ2n) is 3.55. The topological polar surface area (TPSA) is 77.2 Å². The number of nitrogens with zero attached hydrogens (tertiary/aromatic N) is 1. The molecule has 0 radical (unpaired) electrons. The molecule has 0 aliphatic carbocycles. The zero-order valence-corrected chi connectivity index (χ0v) is 11.1.